The van der Waals surface area contributed by atoms with E-state index in [4.69, 9.17) is 22.1 Å². The summed E-state index contributed by atoms with van der Waals surface area (Å²) in [7, 11) is 0. The standard InChI is InChI=1S/C15H23ClN2O/c1-10-8-18(9-11(2)19-10)15(12(3)17)13-6-4-5-7-14(13)16/h4-7,10-12,15H,8-9,17H2,1-3H3/t10-,11+,12?,15?. The number of benzene rings is 1. The van der Waals surface area contributed by atoms with Crippen LogP contribution in [0.4, 0.5) is 0 Å². The lowest BCUT2D eigenvalue weighted by atomic mass is 9.97. The molecule has 0 bridgehead atoms. The first-order valence-electron chi connectivity index (χ1n) is 6.88. The molecule has 0 radical (unpaired) electrons. The molecule has 19 heavy (non-hydrogen) atoms. The van der Waals surface area contributed by atoms with Gasteiger partial charge in [0.15, 0.2) is 0 Å². The molecule has 2 N–H and O–H groups in total. The van der Waals surface area contributed by atoms with Crippen LogP contribution in [0.3, 0.4) is 0 Å². The van der Waals surface area contributed by atoms with Gasteiger partial charge in [-0.25, -0.2) is 0 Å². The molecular formula is C15H23ClN2O. The van der Waals surface area contributed by atoms with E-state index in [1.54, 1.807) is 0 Å². The van der Waals surface area contributed by atoms with Gasteiger partial charge in [0.25, 0.3) is 0 Å². The molecule has 0 aromatic heterocycles. The first-order valence-corrected chi connectivity index (χ1v) is 7.26. The van der Waals surface area contributed by atoms with Gasteiger partial charge in [-0.3, -0.25) is 4.90 Å². The number of halogens is 1. The van der Waals surface area contributed by atoms with E-state index in [0.717, 1.165) is 23.7 Å². The van der Waals surface area contributed by atoms with Gasteiger partial charge in [-0.05, 0) is 32.4 Å². The van der Waals surface area contributed by atoms with Crippen LogP contribution in [-0.4, -0.2) is 36.2 Å². The first kappa shape index (κ1) is 14.8. The van der Waals surface area contributed by atoms with Crippen LogP contribution in [-0.2, 0) is 4.74 Å². The van der Waals surface area contributed by atoms with Crippen molar-refractivity contribution < 1.29 is 4.74 Å². The molecule has 4 heteroatoms. The van der Waals surface area contributed by atoms with Gasteiger partial charge in [-0.2, -0.15) is 0 Å². The molecule has 1 aliphatic rings. The minimum atomic E-state index is 0.0254. The second kappa shape index (κ2) is 6.23. The van der Waals surface area contributed by atoms with Crippen LogP contribution in [0.1, 0.15) is 32.4 Å². The number of morpholine rings is 1. The van der Waals surface area contributed by atoms with E-state index in [-0.39, 0.29) is 24.3 Å². The summed E-state index contributed by atoms with van der Waals surface area (Å²) >= 11 is 6.34. The maximum absolute atomic E-state index is 6.34. The van der Waals surface area contributed by atoms with E-state index >= 15 is 0 Å². The van der Waals surface area contributed by atoms with Crippen LogP contribution < -0.4 is 5.73 Å². The Labute approximate surface area is 120 Å². The summed E-state index contributed by atoms with van der Waals surface area (Å²) in [4.78, 5) is 2.39. The molecule has 106 valence electrons. The zero-order chi connectivity index (χ0) is 14.0. The van der Waals surface area contributed by atoms with Crippen LogP contribution in [0.5, 0.6) is 0 Å². The van der Waals surface area contributed by atoms with E-state index < -0.39 is 0 Å². The maximum atomic E-state index is 6.34. The average Bonchev–Trinajstić information content (AvgIpc) is 2.30. The van der Waals surface area contributed by atoms with Crippen LogP contribution in [0.2, 0.25) is 5.02 Å². The lowest BCUT2D eigenvalue weighted by molar-refractivity contribution is -0.0831. The molecule has 1 aliphatic heterocycles. The van der Waals surface area contributed by atoms with Crippen molar-refractivity contribution in [3.8, 4) is 0 Å². The minimum absolute atomic E-state index is 0.0254. The second-order valence-electron chi connectivity index (χ2n) is 5.54. The summed E-state index contributed by atoms with van der Waals surface area (Å²) < 4.78 is 5.80. The van der Waals surface area contributed by atoms with Crippen molar-refractivity contribution >= 4 is 11.6 Å². The van der Waals surface area contributed by atoms with Crippen molar-refractivity contribution in [1.29, 1.82) is 0 Å². The minimum Gasteiger partial charge on any atom is -0.373 e. The Kier molecular flexibility index (Phi) is 4.85. The number of hydrogen-bond acceptors (Lipinski definition) is 3. The number of hydrogen-bond donors (Lipinski definition) is 1. The van der Waals surface area contributed by atoms with Crippen molar-refractivity contribution in [2.24, 2.45) is 5.73 Å². The molecule has 3 nitrogen and oxygen atoms in total. The molecule has 2 unspecified atom stereocenters. The first-order chi connectivity index (χ1) is 8.99. The molecule has 4 atom stereocenters. The monoisotopic (exact) mass is 282 g/mol. The lowest BCUT2D eigenvalue weighted by Gasteiger charge is -2.42. The van der Waals surface area contributed by atoms with Crippen LogP contribution >= 0.6 is 11.6 Å². The zero-order valence-electron chi connectivity index (χ0n) is 11.8. The third kappa shape index (κ3) is 3.48. The predicted octanol–water partition coefficient (Wildman–Crippen LogP) is 2.84. The quantitative estimate of drug-likeness (QED) is 0.926. The third-order valence-corrected chi connectivity index (χ3v) is 3.91. The van der Waals surface area contributed by atoms with Crippen molar-refractivity contribution in [2.75, 3.05) is 13.1 Å². The van der Waals surface area contributed by atoms with Gasteiger partial charge in [-0.15, -0.1) is 0 Å². The summed E-state index contributed by atoms with van der Waals surface area (Å²) in [6.45, 7) is 8.03. The Balaban J connectivity index is 2.28. The summed E-state index contributed by atoms with van der Waals surface area (Å²) in [5, 5.41) is 0.789. The summed E-state index contributed by atoms with van der Waals surface area (Å²) in [6, 6.07) is 8.14. The molecule has 0 spiro atoms. The highest BCUT2D eigenvalue weighted by Crippen LogP contribution is 2.31. The van der Waals surface area contributed by atoms with Crippen molar-refractivity contribution in [3.05, 3.63) is 34.9 Å². The fourth-order valence-electron chi connectivity index (χ4n) is 2.97. The van der Waals surface area contributed by atoms with Gasteiger partial charge in [0.2, 0.25) is 0 Å². The molecule has 1 fully saturated rings. The van der Waals surface area contributed by atoms with Gasteiger partial charge in [-0.1, -0.05) is 29.8 Å². The molecule has 0 amide bonds. The lowest BCUT2D eigenvalue weighted by Crippen LogP contribution is -2.50. The molecule has 1 aromatic rings. The Morgan fingerprint density at radius 3 is 2.37 bits per heavy atom. The Morgan fingerprint density at radius 2 is 1.84 bits per heavy atom. The smallest absolute Gasteiger partial charge is 0.0678 e. The SMILES string of the molecule is CC(N)C(c1ccccc1Cl)N1C[C@@H](C)O[C@@H](C)C1. The largest absolute Gasteiger partial charge is 0.373 e. The molecule has 0 aliphatic carbocycles. The molecule has 1 heterocycles. The van der Waals surface area contributed by atoms with Gasteiger partial charge in [0, 0.05) is 24.2 Å². The van der Waals surface area contributed by atoms with Gasteiger partial charge in [0.05, 0.1) is 18.2 Å². The third-order valence-electron chi connectivity index (χ3n) is 3.56. The maximum Gasteiger partial charge on any atom is 0.0678 e. The Morgan fingerprint density at radius 1 is 1.26 bits per heavy atom. The van der Waals surface area contributed by atoms with Gasteiger partial charge < -0.3 is 10.5 Å². The molecule has 2 rings (SSSR count). The second-order valence-corrected chi connectivity index (χ2v) is 5.94. The Bertz CT molecular complexity index is 414. The normalized spacial score (nSPS) is 28.1. The summed E-state index contributed by atoms with van der Waals surface area (Å²) in [5.74, 6) is 0. The molecule has 1 saturated heterocycles. The highest BCUT2D eigenvalue weighted by molar-refractivity contribution is 6.31. The zero-order valence-corrected chi connectivity index (χ0v) is 12.6. The van der Waals surface area contributed by atoms with Crippen LogP contribution in [0, 0.1) is 0 Å². The van der Waals surface area contributed by atoms with E-state index in [1.807, 2.05) is 25.1 Å². The van der Waals surface area contributed by atoms with E-state index in [2.05, 4.69) is 24.8 Å². The summed E-state index contributed by atoms with van der Waals surface area (Å²) in [5.41, 5.74) is 7.33. The molecular weight excluding hydrogens is 260 g/mol. The van der Waals surface area contributed by atoms with Crippen LogP contribution in [0.25, 0.3) is 0 Å². The number of ether oxygens (including phenoxy) is 1. The topological polar surface area (TPSA) is 38.5 Å². The number of rotatable bonds is 3. The summed E-state index contributed by atoms with van der Waals surface area (Å²) in [6.07, 6.45) is 0.458. The highest BCUT2D eigenvalue weighted by Gasteiger charge is 2.31. The van der Waals surface area contributed by atoms with E-state index in [1.165, 1.54) is 0 Å². The van der Waals surface area contributed by atoms with Crippen molar-refractivity contribution in [1.82, 2.24) is 4.90 Å². The fraction of sp³-hybridized carbons (Fsp3) is 0.600. The van der Waals surface area contributed by atoms with E-state index in [0.29, 0.717) is 0 Å². The number of nitrogens with zero attached hydrogens (tertiary/aromatic N) is 1. The highest BCUT2D eigenvalue weighted by atomic mass is 35.5. The predicted molar refractivity (Wildman–Crippen MR) is 79.4 cm³/mol. The van der Waals surface area contributed by atoms with E-state index in [9.17, 15) is 0 Å². The van der Waals surface area contributed by atoms with Crippen molar-refractivity contribution in [3.63, 3.8) is 0 Å². The Hall–Kier alpha value is -0.610. The van der Waals surface area contributed by atoms with Crippen molar-refractivity contribution in [2.45, 2.75) is 45.1 Å². The fourth-order valence-corrected chi connectivity index (χ4v) is 3.22. The van der Waals surface area contributed by atoms with Crippen LogP contribution in [0.15, 0.2) is 24.3 Å². The molecule has 1 aromatic carbocycles. The van der Waals surface area contributed by atoms with Gasteiger partial charge >= 0.3 is 0 Å². The number of nitrogens with two attached hydrogens (primary N) is 1. The van der Waals surface area contributed by atoms with Gasteiger partial charge in [0.1, 0.15) is 0 Å². The average molecular weight is 283 g/mol. The molecule has 0 saturated carbocycles.